The quantitative estimate of drug-likeness (QED) is 0.569. The third-order valence-corrected chi connectivity index (χ3v) is 1.77. The van der Waals surface area contributed by atoms with Gasteiger partial charge in [-0.2, -0.15) is 13.2 Å². The van der Waals surface area contributed by atoms with Gasteiger partial charge in [-0.1, -0.05) is 0 Å². The number of benzene rings is 1. The number of hydrogen-bond acceptors (Lipinski definition) is 2. The minimum atomic E-state index is -4.59. The van der Waals surface area contributed by atoms with Crippen LogP contribution in [0.3, 0.4) is 0 Å². The number of nitrogens with two attached hydrogens (primary N) is 1. The summed E-state index contributed by atoms with van der Waals surface area (Å²) in [6, 6.07) is -0.136. The number of nitrogens with one attached hydrogen (secondary N) is 2. The number of carbonyl (C=O) groups excluding carboxylic acids is 1. The molecule has 9 heteroatoms. The summed E-state index contributed by atoms with van der Waals surface area (Å²) in [5, 5.41) is 3.21. The van der Waals surface area contributed by atoms with Crippen molar-refractivity contribution in [3.63, 3.8) is 0 Å². The first-order chi connectivity index (χ1) is 8.19. The number of urea groups is 1. The molecule has 0 aromatic heterocycles. The lowest BCUT2D eigenvalue weighted by Gasteiger charge is -2.11. The van der Waals surface area contributed by atoms with Crippen LogP contribution >= 0.6 is 0 Å². The number of hydrogen-bond donors (Lipinski definition) is 3. The van der Waals surface area contributed by atoms with Crippen LogP contribution in [-0.4, -0.2) is 18.8 Å². The van der Waals surface area contributed by atoms with E-state index in [4.69, 9.17) is 5.73 Å². The van der Waals surface area contributed by atoms with E-state index in [1.165, 1.54) is 5.32 Å². The summed E-state index contributed by atoms with van der Waals surface area (Å²) >= 11 is 0. The van der Waals surface area contributed by atoms with Gasteiger partial charge in [0.05, 0.1) is 5.69 Å². The van der Waals surface area contributed by atoms with Gasteiger partial charge in [0.15, 0.2) is 5.82 Å². The Balaban J connectivity index is 2.71. The summed E-state index contributed by atoms with van der Waals surface area (Å²) < 4.78 is 61.1. The van der Waals surface area contributed by atoms with Crippen LogP contribution in [0.25, 0.3) is 0 Å². The van der Waals surface area contributed by atoms with E-state index < -0.39 is 41.8 Å². The van der Waals surface area contributed by atoms with Crippen LogP contribution in [0.4, 0.5) is 38.1 Å². The fraction of sp³-hybridized carbons (Fsp3) is 0.222. The second-order valence-electron chi connectivity index (χ2n) is 3.27. The van der Waals surface area contributed by atoms with E-state index in [2.05, 4.69) is 0 Å². The van der Waals surface area contributed by atoms with Crippen molar-refractivity contribution in [2.24, 2.45) is 0 Å². The number of anilines is 2. The van der Waals surface area contributed by atoms with Gasteiger partial charge in [0, 0.05) is 6.07 Å². The van der Waals surface area contributed by atoms with Crippen LogP contribution < -0.4 is 16.4 Å². The molecule has 4 N–H and O–H groups in total. The van der Waals surface area contributed by atoms with Crippen LogP contribution in [0, 0.1) is 11.6 Å². The van der Waals surface area contributed by atoms with Crippen molar-refractivity contribution >= 4 is 17.4 Å². The predicted octanol–water partition coefficient (Wildman–Crippen LogP) is 2.23. The Morgan fingerprint density at radius 1 is 1.28 bits per heavy atom. The molecule has 100 valence electrons. The number of halogens is 5. The van der Waals surface area contributed by atoms with Crippen molar-refractivity contribution in [3.8, 4) is 0 Å². The zero-order chi connectivity index (χ0) is 13.9. The largest absolute Gasteiger partial charge is 0.405 e. The molecule has 0 bridgehead atoms. The fourth-order valence-electron chi connectivity index (χ4n) is 1.06. The number of amides is 2. The second kappa shape index (κ2) is 5.07. The van der Waals surface area contributed by atoms with Crippen LogP contribution in [0.1, 0.15) is 0 Å². The fourth-order valence-corrected chi connectivity index (χ4v) is 1.06. The average Bonchev–Trinajstić information content (AvgIpc) is 2.19. The Labute approximate surface area is 98.0 Å². The molecule has 0 radical (unpaired) electrons. The molecule has 0 aliphatic rings. The minimum absolute atomic E-state index is 0.436. The van der Waals surface area contributed by atoms with E-state index in [1.807, 2.05) is 0 Å². The maximum Gasteiger partial charge on any atom is 0.405 e. The summed E-state index contributed by atoms with van der Waals surface area (Å²) in [6.45, 7) is -1.58. The molecule has 4 nitrogen and oxygen atoms in total. The molecule has 0 saturated carbocycles. The Kier molecular flexibility index (Phi) is 3.94. The highest BCUT2D eigenvalue weighted by Crippen LogP contribution is 2.23. The zero-order valence-corrected chi connectivity index (χ0v) is 8.74. The minimum Gasteiger partial charge on any atom is -0.397 e. The standard InChI is InChI=1S/C9H8F5N3O/c10-4-1-5(11)7(6(15)2-4)17-8(18)16-3-9(12,13)14/h1-2H,3,15H2,(H2,16,17,18). The van der Waals surface area contributed by atoms with Crippen LogP contribution in [-0.2, 0) is 0 Å². The van der Waals surface area contributed by atoms with Crippen molar-refractivity contribution in [2.75, 3.05) is 17.6 Å². The van der Waals surface area contributed by atoms with Crippen molar-refractivity contribution in [1.29, 1.82) is 0 Å². The average molecular weight is 269 g/mol. The monoisotopic (exact) mass is 269 g/mol. The first kappa shape index (κ1) is 14.0. The topological polar surface area (TPSA) is 67.1 Å². The van der Waals surface area contributed by atoms with Gasteiger partial charge in [-0.25, -0.2) is 13.6 Å². The first-order valence-electron chi connectivity index (χ1n) is 4.55. The van der Waals surface area contributed by atoms with Gasteiger partial charge in [0.25, 0.3) is 0 Å². The number of nitrogen functional groups attached to an aromatic ring is 1. The molecule has 0 spiro atoms. The molecule has 1 aromatic rings. The lowest BCUT2D eigenvalue weighted by atomic mass is 10.2. The Morgan fingerprint density at radius 2 is 1.89 bits per heavy atom. The molecular formula is C9H8F5N3O. The third kappa shape index (κ3) is 4.07. The molecule has 0 aliphatic carbocycles. The SMILES string of the molecule is Nc1cc(F)cc(F)c1NC(=O)NCC(F)(F)F. The van der Waals surface area contributed by atoms with Crippen molar-refractivity contribution in [3.05, 3.63) is 23.8 Å². The van der Waals surface area contributed by atoms with E-state index in [0.717, 1.165) is 6.07 Å². The highest BCUT2D eigenvalue weighted by Gasteiger charge is 2.27. The van der Waals surface area contributed by atoms with Crippen molar-refractivity contribution < 1.29 is 26.7 Å². The van der Waals surface area contributed by atoms with Gasteiger partial charge in [-0.3, -0.25) is 0 Å². The molecular weight excluding hydrogens is 261 g/mol. The predicted molar refractivity (Wildman–Crippen MR) is 53.8 cm³/mol. The maximum absolute atomic E-state index is 13.2. The first-order valence-corrected chi connectivity index (χ1v) is 4.55. The lowest BCUT2D eigenvalue weighted by Crippen LogP contribution is -2.37. The van der Waals surface area contributed by atoms with Crippen molar-refractivity contribution in [2.45, 2.75) is 6.18 Å². The molecule has 0 saturated heterocycles. The summed E-state index contributed by atoms with van der Waals surface area (Å²) in [5.41, 5.74) is 4.19. The highest BCUT2D eigenvalue weighted by molar-refractivity contribution is 5.92. The highest BCUT2D eigenvalue weighted by atomic mass is 19.4. The Morgan fingerprint density at radius 3 is 2.39 bits per heavy atom. The van der Waals surface area contributed by atoms with Gasteiger partial charge in [-0.05, 0) is 6.07 Å². The molecule has 0 heterocycles. The smallest absolute Gasteiger partial charge is 0.397 e. The van der Waals surface area contributed by atoms with Gasteiger partial charge in [-0.15, -0.1) is 0 Å². The molecule has 0 aliphatic heterocycles. The van der Waals surface area contributed by atoms with Gasteiger partial charge in [0.1, 0.15) is 18.0 Å². The van der Waals surface area contributed by atoms with Crippen molar-refractivity contribution in [1.82, 2.24) is 5.32 Å². The van der Waals surface area contributed by atoms with Gasteiger partial charge in [0.2, 0.25) is 0 Å². The molecule has 18 heavy (non-hydrogen) atoms. The van der Waals surface area contributed by atoms with E-state index in [9.17, 15) is 26.7 Å². The van der Waals surface area contributed by atoms with E-state index >= 15 is 0 Å². The summed E-state index contributed by atoms with van der Waals surface area (Å²) in [4.78, 5) is 11.0. The maximum atomic E-state index is 13.2. The normalized spacial score (nSPS) is 11.2. The van der Waals surface area contributed by atoms with Crippen LogP contribution in [0.5, 0.6) is 0 Å². The lowest BCUT2D eigenvalue weighted by molar-refractivity contribution is -0.122. The molecule has 1 aromatic carbocycles. The molecule has 1 rings (SSSR count). The third-order valence-electron chi connectivity index (χ3n) is 1.77. The second-order valence-corrected chi connectivity index (χ2v) is 3.27. The summed E-state index contributed by atoms with van der Waals surface area (Å²) in [7, 11) is 0. The number of rotatable bonds is 2. The summed E-state index contributed by atoms with van der Waals surface area (Å²) in [5.74, 6) is -2.15. The molecule has 2 amide bonds. The Bertz CT molecular complexity index is 437. The molecule has 0 atom stereocenters. The van der Waals surface area contributed by atoms with E-state index in [-0.39, 0.29) is 0 Å². The number of carbonyl (C=O) groups is 1. The van der Waals surface area contributed by atoms with Gasteiger partial charge < -0.3 is 16.4 Å². The van der Waals surface area contributed by atoms with Crippen LogP contribution in [0.2, 0.25) is 0 Å². The summed E-state index contributed by atoms with van der Waals surface area (Å²) in [6.07, 6.45) is -4.59. The molecule has 0 unspecified atom stereocenters. The zero-order valence-electron chi connectivity index (χ0n) is 8.74. The Hall–Kier alpha value is -2.06. The van der Waals surface area contributed by atoms with Crippen LogP contribution in [0.15, 0.2) is 12.1 Å². The van der Waals surface area contributed by atoms with E-state index in [1.54, 1.807) is 5.32 Å². The van der Waals surface area contributed by atoms with Gasteiger partial charge >= 0.3 is 12.2 Å². The van der Waals surface area contributed by atoms with E-state index in [0.29, 0.717) is 6.07 Å². The number of alkyl halides is 3. The molecule has 0 fully saturated rings.